The number of ether oxygens (including phenoxy) is 1. The third kappa shape index (κ3) is 3.09. The van der Waals surface area contributed by atoms with E-state index in [9.17, 15) is 0 Å². The van der Waals surface area contributed by atoms with E-state index in [4.69, 9.17) is 4.74 Å². The smallest absolute Gasteiger partial charge is 0.0814 e. The Morgan fingerprint density at radius 1 is 1.00 bits per heavy atom. The molecule has 2 aromatic carbocycles. The number of rotatable bonds is 3. The van der Waals surface area contributed by atoms with E-state index < -0.39 is 0 Å². The van der Waals surface area contributed by atoms with Gasteiger partial charge in [-0.2, -0.15) is 0 Å². The van der Waals surface area contributed by atoms with E-state index in [0.717, 1.165) is 13.0 Å². The summed E-state index contributed by atoms with van der Waals surface area (Å²) >= 11 is 0. The fourth-order valence-electron chi connectivity index (χ4n) is 2.85. The van der Waals surface area contributed by atoms with Crippen molar-refractivity contribution in [1.82, 2.24) is 5.32 Å². The lowest BCUT2D eigenvalue weighted by molar-refractivity contribution is -0.0542. The lowest BCUT2D eigenvalue weighted by atomic mass is 9.94. The van der Waals surface area contributed by atoms with Crippen LogP contribution in [0.15, 0.2) is 60.7 Å². The average Bonchev–Trinajstić information content (AvgIpc) is 2.49. The second kappa shape index (κ2) is 6.21. The zero-order chi connectivity index (χ0) is 13.8. The Bertz CT molecular complexity index is 526. The molecule has 0 amide bonds. The summed E-state index contributed by atoms with van der Waals surface area (Å²) in [6, 6.07) is 21.4. The summed E-state index contributed by atoms with van der Waals surface area (Å²) < 4.78 is 6.19. The monoisotopic (exact) mass is 267 g/mol. The number of nitrogens with one attached hydrogen (secondary N) is 1. The van der Waals surface area contributed by atoms with Gasteiger partial charge in [0.15, 0.2) is 0 Å². The molecular formula is C18H21NO. The molecule has 0 aliphatic carbocycles. The Morgan fingerprint density at radius 2 is 1.65 bits per heavy atom. The van der Waals surface area contributed by atoms with Gasteiger partial charge in [-0.1, -0.05) is 60.7 Å². The lowest BCUT2D eigenvalue weighted by Gasteiger charge is -2.37. The van der Waals surface area contributed by atoms with Crippen molar-refractivity contribution >= 4 is 0 Å². The molecule has 1 aliphatic heterocycles. The molecule has 0 saturated carbocycles. The number of hydrogen-bond donors (Lipinski definition) is 1. The van der Waals surface area contributed by atoms with Crippen LogP contribution in [0.4, 0.5) is 0 Å². The molecule has 0 aromatic heterocycles. The topological polar surface area (TPSA) is 21.3 Å². The highest BCUT2D eigenvalue weighted by Gasteiger charge is 2.30. The van der Waals surface area contributed by atoms with Crippen LogP contribution in [0.1, 0.15) is 24.1 Å². The second-order valence-electron chi connectivity index (χ2n) is 5.47. The van der Waals surface area contributed by atoms with Gasteiger partial charge in [0.05, 0.1) is 18.2 Å². The number of hydrogen-bond acceptors (Lipinski definition) is 2. The molecule has 104 valence electrons. The first-order chi connectivity index (χ1) is 9.83. The molecule has 2 heteroatoms. The predicted molar refractivity (Wildman–Crippen MR) is 81.7 cm³/mol. The first-order valence-corrected chi connectivity index (χ1v) is 7.30. The first-order valence-electron chi connectivity index (χ1n) is 7.30. The standard InChI is InChI=1S/C18H21NO/c1-14-13-19-18(16-10-6-3-7-11-16)17(20-14)12-15-8-4-2-5-9-15/h2-11,14,17-19H,12-13H2,1H3. The highest BCUT2D eigenvalue weighted by Crippen LogP contribution is 2.26. The SMILES string of the molecule is CC1CNC(c2ccccc2)C(Cc2ccccc2)O1. The molecule has 1 fully saturated rings. The van der Waals surface area contributed by atoms with Gasteiger partial charge in [0.2, 0.25) is 0 Å². The lowest BCUT2D eigenvalue weighted by Crippen LogP contribution is -2.46. The minimum absolute atomic E-state index is 0.184. The Kier molecular flexibility index (Phi) is 4.14. The molecule has 1 saturated heterocycles. The summed E-state index contributed by atoms with van der Waals surface area (Å²) in [4.78, 5) is 0. The summed E-state index contributed by atoms with van der Waals surface area (Å²) in [7, 11) is 0. The second-order valence-corrected chi connectivity index (χ2v) is 5.47. The summed E-state index contributed by atoms with van der Waals surface area (Å²) in [5, 5.41) is 3.63. The van der Waals surface area contributed by atoms with Gasteiger partial charge in [-0.3, -0.25) is 0 Å². The van der Waals surface area contributed by atoms with Crippen molar-refractivity contribution in [2.45, 2.75) is 31.6 Å². The van der Waals surface area contributed by atoms with Crippen molar-refractivity contribution in [2.24, 2.45) is 0 Å². The zero-order valence-electron chi connectivity index (χ0n) is 11.8. The summed E-state index contributed by atoms with van der Waals surface area (Å²) in [6.45, 7) is 3.04. The van der Waals surface area contributed by atoms with Crippen LogP contribution in [-0.2, 0) is 11.2 Å². The molecule has 3 rings (SSSR count). The van der Waals surface area contributed by atoms with E-state index in [-0.39, 0.29) is 18.2 Å². The van der Waals surface area contributed by atoms with Crippen molar-refractivity contribution in [3.05, 3.63) is 71.8 Å². The quantitative estimate of drug-likeness (QED) is 0.921. The van der Waals surface area contributed by atoms with Gasteiger partial charge in [0.1, 0.15) is 0 Å². The van der Waals surface area contributed by atoms with Gasteiger partial charge < -0.3 is 10.1 Å². The Hall–Kier alpha value is -1.64. The van der Waals surface area contributed by atoms with Crippen molar-refractivity contribution in [2.75, 3.05) is 6.54 Å². The van der Waals surface area contributed by atoms with Gasteiger partial charge in [-0.05, 0) is 18.1 Å². The van der Waals surface area contributed by atoms with Gasteiger partial charge in [0, 0.05) is 13.0 Å². The van der Waals surface area contributed by atoms with E-state index >= 15 is 0 Å². The van der Waals surface area contributed by atoms with Crippen LogP contribution in [0.3, 0.4) is 0 Å². The fraction of sp³-hybridized carbons (Fsp3) is 0.333. The predicted octanol–water partition coefficient (Wildman–Crippen LogP) is 3.35. The van der Waals surface area contributed by atoms with Crippen LogP contribution in [-0.4, -0.2) is 18.8 Å². The van der Waals surface area contributed by atoms with Crippen LogP contribution < -0.4 is 5.32 Å². The molecule has 1 N–H and O–H groups in total. The van der Waals surface area contributed by atoms with Gasteiger partial charge in [-0.15, -0.1) is 0 Å². The molecule has 3 unspecified atom stereocenters. The molecule has 20 heavy (non-hydrogen) atoms. The van der Waals surface area contributed by atoms with Crippen LogP contribution in [0.5, 0.6) is 0 Å². The van der Waals surface area contributed by atoms with Crippen LogP contribution in [0.2, 0.25) is 0 Å². The van der Waals surface area contributed by atoms with Gasteiger partial charge in [0.25, 0.3) is 0 Å². The normalized spacial score (nSPS) is 26.4. The van der Waals surface area contributed by atoms with Gasteiger partial charge in [-0.25, -0.2) is 0 Å². The number of morpholine rings is 1. The number of benzene rings is 2. The minimum atomic E-state index is 0.184. The molecule has 2 nitrogen and oxygen atoms in total. The van der Waals surface area contributed by atoms with E-state index in [2.05, 4.69) is 72.9 Å². The largest absolute Gasteiger partial charge is 0.372 e. The zero-order valence-corrected chi connectivity index (χ0v) is 11.8. The summed E-state index contributed by atoms with van der Waals surface area (Å²) in [5.41, 5.74) is 2.63. The highest BCUT2D eigenvalue weighted by molar-refractivity contribution is 5.23. The van der Waals surface area contributed by atoms with Crippen molar-refractivity contribution in [3.63, 3.8) is 0 Å². The maximum Gasteiger partial charge on any atom is 0.0814 e. The Morgan fingerprint density at radius 3 is 2.35 bits per heavy atom. The first kappa shape index (κ1) is 13.3. The maximum atomic E-state index is 6.19. The maximum absolute atomic E-state index is 6.19. The van der Waals surface area contributed by atoms with Crippen LogP contribution in [0, 0.1) is 0 Å². The Labute approximate surface area is 120 Å². The third-order valence-electron chi connectivity index (χ3n) is 3.84. The van der Waals surface area contributed by atoms with E-state index in [0.29, 0.717) is 0 Å². The molecule has 2 aromatic rings. The molecule has 3 atom stereocenters. The summed E-state index contributed by atoms with van der Waals surface area (Å²) in [5.74, 6) is 0. The van der Waals surface area contributed by atoms with Crippen molar-refractivity contribution < 1.29 is 4.74 Å². The molecule has 0 radical (unpaired) electrons. The van der Waals surface area contributed by atoms with Crippen LogP contribution >= 0.6 is 0 Å². The minimum Gasteiger partial charge on any atom is -0.372 e. The Balaban J connectivity index is 1.80. The van der Waals surface area contributed by atoms with E-state index in [1.165, 1.54) is 11.1 Å². The van der Waals surface area contributed by atoms with Crippen molar-refractivity contribution in [3.8, 4) is 0 Å². The van der Waals surface area contributed by atoms with E-state index in [1.807, 2.05) is 0 Å². The third-order valence-corrected chi connectivity index (χ3v) is 3.84. The molecule has 0 bridgehead atoms. The molecule has 0 spiro atoms. The molecule has 1 aliphatic rings. The average molecular weight is 267 g/mol. The molecular weight excluding hydrogens is 246 g/mol. The van der Waals surface area contributed by atoms with Crippen molar-refractivity contribution in [1.29, 1.82) is 0 Å². The van der Waals surface area contributed by atoms with Crippen LogP contribution in [0.25, 0.3) is 0 Å². The highest BCUT2D eigenvalue weighted by atomic mass is 16.5. The fourth-order valence-corrected chi connectivity index (χ4v) is 2.85. The molecule has 1 heterocycles. The summed E-state index contributed by atoms with van der Waals surface area (Å²) in [6.07, 6.45) is 1.39. The van der Waals surface area contributed by atoms with E-state index in [1.54, 1.807) is 0 Å². The van der Waals surface area contributed by atoms with Gasteiger partial charge >= 0.3 is 0 Å².